The summed E-state index contributed by atoms with van der Waals surface area (Å²) in [6, 6.07) is 13.5. The minimum atomic E-state index is 0.322. The Morgan fingerprint density at radius 3 is 2.78 bits per heavy atom. The van der Waals surface area contributed by atoms with Crippen LogP contribution in [0.3, 0.4) is 0 Å². The quantitative estimate of drug-likeness (QED) is 0.745. The number of hydrogen-bond donors (Lipinski definition) is 1. The summed E-state index contributed by atoms with van der Waals surface area (Å²) in [5, 5.41) is 9.81. The van der Waals surface area contributed by atoms with Crippen molar-refractivity contribution >= 4 is 5.52 Å². The highest BCUT2D eigenvalue weighted by Gasteiger charge is 2.08. The summed E-state index contributed by atoms with van der Waals surface area (Å²) in [6.07, 6.45) is 2.49. The molecule has 18 heavy (non-hydrogen) atoms. The zero-order valence-electron chi connectivity index (χ0n) is 10.2. The van der Waals surface area contributed by atoms with E-state index < -0.39 is 0 Å². The number of nitrogens with zero attached hydrogens (tertiary/aromatic N) is 2. The molecule has 0 atom stereocenters. The highest BCUT2D eigenvalue weighted by Crippen LogP contribution is 2.20. The molecule has 0 aliphatic rings. The molecule has 0 aliphatic carbocycles. The van der Waals surface area contributed by atoms with Gasteiger partial charge in [-0.25, -0.2) is 4.98 Å². The third kappa shape index (κ3) is 1.74. The van der Waals surface area contributed by atoms with Gasteiger partial charge in [0.25, 0.3) is 0 Å². The van der Waals surface area contributed by atoms with Crippen molar-refractivity contribution in [1.82, 2.24) is 9.38 Å². The van der Waals surface area contributed by atoms with Gasteiger partial charge in [0, 0.05) is 17.7 Å². The number of pyridine rings is 1. The first-order valence-electron chi connectivity index (χ1n) is 5.94. The number of aryl methyl sites for hydroxylation is 1. The van der Waals surface area contributed by atoms with Crippen LogP contribution in [0.5, 0.6) is 5.75 Å². The molecule has 0 spiro atoms. The van der Waals surface area contributed by atoms with Gasteiger partial charge in [-0.3, -0.25) is 0 Å². The molecule has 2 heterocycles. The van der Waals surface area contributed by atoms with Crippen LogP contribution < -0.4 is 0 Å². The second-order valence-corrected chi connectivity index (χ2v) is 4.41. The summed E-state index contributed by atoms with van der Waals surface area (Å²) in [6.45, 7) is 2.06. The number of aromatic nitrogens is 2. The molecular weight excluding hydrogens is 224 g/mol. The maximum atomic E-state index is 9.81. The number of phenolic OH excluding ortho intramolecular Hbond substituents is 1. The van der Waals surface area contributed by atoms with Gasteiger partial charge in [-0.2, -0.15) is 0 Å². The Labute approximate surface area is 105 Å². The lowest BCUT2D eigenvalue weighted by atomic mass is 10.1. The standard InChI is InChI=1S/C15H14N2O/c1-11-5-4-7-13-10-16-15(17(11)13)9-12-6-2-3-8-14(12)18/h2-8,10,18H,9H2,1H3. The Morgan fingerprint density at radius 2 is 1.94 bits per heavy atom. The summed E-state index contributed by atoms with van der Waals surface area (Å²) in [5.74, 6) is 1.27. The molecular formula is C15H14N2O. The molecule has 3 heteroatoms. The molecule has 3 rings (SSSR count). The normalized spacial score (nSPS) is 10.9. The van der Waals surface area contributed by atoms with Gasteiger partial charge in [0.1, 0.15) is 11.6 Å². The van der Waals surface area contributed by atoms with Crippen LogP contribution in [-0.4, -0.2) is 14.5 Å². The molecule has 0 aliphatic heterocycles. The van der Waals surface area contributed by atoms with Crippen LogP contribution in [0, 0.1) is 6.92 Å². The summed E-state index contributed by atoms with van der Waals surface area (Å²) in [4.78, 5) is 4.44. The highest BCUT2D eigenvalue weighted by molar-refractivity contribution is 5.48. The third-order valence-corrected chi connectivity index (χ3v) is 3.16. The average molecular weight is 238 g/mol. The van der Waals surface area contributed by atoms with Crippen molar-refractivity contribution < 1.29 is 5.11 Å². The largest absolute Gasteiger partial charge is 0.508 e. The van der Waals surface area contributed by atoms with E-state index in [9.17, 15) is 5.11 Å². The van der Waals surface area contributed by atoms with Crippen molar-refractivity contribution in [1.29, 1.82) is 0 Å². The van der Waals surface area contributed by atoms with E-state index >= 15 is 0 Å². The van der Waals surface area contributed by atoms with E-state index in [4.69, 9.17) is 0 Å². The maximum absolute atomic E-state index is 9.81. The van der Waals surface area contributed by atoms with Gasteiger partial charge in [-0.1, -0.05) is 24.3 Å². The molecule has 3 nitrogen and oxygen atoms in total. The topological polar surface area (TPSA) is 37.5 Å². The van der Waals surface area contributed by atoms with E-state index in [1.54, 1.807) is 6.07 Å². The van der Waals surface area contributed by atoms with Crippen LogP contribution in [0.1, 0.15) is 17.1 Å². The van der Waals surface area contributed by atoms with Crippen LogP contribution in [0.25, 0.3) is 5.52 Å². The van der Waals surface area contributed by atoms with Crippen molar-refractivity contribution in [3.05, 3.63) is 65.7 Å². The van der Waals surface area contributed by atoms with Crippen molar-refractivity contribution in [3.8, 4) is 5.75 Å². The Kier molecular flexibility index (Phi) is 2.52. The molecule has 1 N–H and O–H groups in total. The zero-order valence-corrected chi connectivity index (χ0v) is 10.2. The maximum Gasteiger partial charge on any atom is 0.119 e. The van der Waals surface area contributed by atoms with Gasteiger partial charge in [-0.15, -0.1) is 0 Å². The number of rotatable bonds is 2. The number of hydrogen-bond acceptors (Lipinski definition) is 2. The number of imidazole rings is 1. The smallest absolute Gasteiger partial charge is 0.119 e. The van der Waals surface area contributed by atoms with E-state index in [1.165, 1.54) is 0 Å². The summed E-state index contributed by atoms with van der Waals surface area (Å²) in [7, 11) is 0. The molecule has 0 radical (unpaired) electrons. The van der Waals surface area contributed by atoms with Crippen molar-refractivity contribution in [2.45, 2.75) is 13.3 Å². The van der Waals surface area contributed by atoms with Gasteiger partial charge >= 0.3 is 0 Å². The van der Waals surface area contributed by atoms with Gasteiger partial charge < -0.3 is 9.51 Å². The van der Waals surface area contributed by atoms with Crippen LogP contribution in [0.4, 0.5) is 0 Å². The second-order valence-electron chi connectivity index (χ2n) is 4.41. The summed E-state index contributed by atoms with van der Waals surface area (Å²) in [5.41, 5.74) is 3.13. The SMILES string of the molecule is Cc1cccc2cnc(Cc3ccccc3O)n12. The van der Waals surface area contributed by atoms with E-state index in [0.29, 0.717) is 12.2 Å². The molecule has 0 fully saturated rings. The fourth-order valence-corrected chi connectivity index (χ4v) is 2.25. The Morgan fingerprint density at radius 1 is 1.11 bits per heavy atom. The van der Waals surface area contributed by atoms with Crippen LogP contribution in [0.15, 0.2) is 48.7 Å². The average Bonchev–Trinajstić information content (AvgIpc) is 2.77. The van der Waals surface area contributed by atoms with Gasteiger partial charge in [0.05, 0.1) is 11.7 Å². The molecule has 0 saturated heterocycles. The Hall–Kier alpha value is -2.29. The van der Waals surface area contributed by atoms with E-state index in [0.717, 1.165) is 22.6 Å². The monoisotopic (exact) mass is 238 g/mol. The predicted octanol–water partition coefficient (Wildman–Crippen LogP) is 2.94. The number of benzene rings is 1. The zero-order chi connectivity index (χ0) is 12.5. The molecule has 3 aromatic rings. The third-order valence-electron chi connectivity index (χ3n) is 3.16. The summed E-state index contributed by atoms with van der Waals surface area (Å²) < 4.78 is 2.12. The number of para-hydroxylation sites is 1. The number of fused-ring (bicyclic) bond motifs is 1. The molecule has 0 amide bonds. The molecule has 1 aromatic carbocycles. The molecule has 90 valence electrons. The van der Waals surface area contributed by atoms with Crippen molar-refractivity contribution in [3.63, 3.8) is 0 Å². The lowest BCUT2D eigenvalue weighted by molar-refractivity contribution is 0.469. The molecule has 0 saturated carbocycles. The first kappa shape index (κ1) is 10.8. The van der Waals surface area contributed by atoms with Crippen molar-refractivity contribution in [2.75, 3.05) is 0 Å². The first-order chi connectivity index (χ1) is 8.75. The van der Waals surface area contributed by atoms with E-state index in [-0.39, 0.29) is 0 Å². The highest BCUT2D eigenvalue weighted by atomic mass is 16.3. The van der Waals surface area contributed by atoms with E-state index in [1.807, 2.05) is 36.5 Å². The Balaban J connectivity index is 2.09. The predicted molar refractivity (Wildman–Crippen MR) is 70.8 cm³/mol. The van der Waals surface area contributed by atoms with Gasteiger partial charge in [0.2, 0.25) is 0 Å². The van der Waals surface area contributed by atoms with Crippen LogP contribution in [-0.2, 0) is 6.42 Å². The lowest BCUT2D eigenvalue weighted by Gasteiger charge is -2.06. The first-order valence-corrected chi connectivity index (χ1v) is 5.94. The minimum Gasteiger partial charge on any atom is -0.508 e. The van der Waals surface area contributed by atoms with Crippen LogP contribution >= 0.6 is 0 Å². The second kappa shape index (κ2) is 4.18. The number of phenols is 1. The van der Waals surface area contributed by atoms with Crippen LogP contribution in [0.2, 0.25) is 0 Å². The van der Waals surface area contributed by atoms with E-state index in [2.05, 4.69) is 22.4 Å². The molecule has 2 aromatic heterocycles. The van der Waals surface area contributed by atoms with Gasteiger partial charge in [0.15, 0.2) is 0 Å². The summed E-state index contributed by atoms with van der Waals surface area (Å²) >= 11 is 0. The fraction of sp³-hybridized carbons (Fsp3) is 0.133. The van der Waals surface area contributed by atoms with Gasteiger partial charge in [-0.05, 0) is 25.1 Å². The fourth-order valence-electron chi connectivity index (χ4n) is 2.25. The lowest BCUT2D eigenvalue weighted by Crippen LogP contribution is -1.99. The molecule has 0 unspecified atom stereocenters. The van der Waals surface area contributed by atoms with Crippen molar-refractivity contribution in [2.24, 2.45) is 0 Å². The number of aromatic hydroxyl groups is 1. The minimum absolute atomic E-state index is 0.322. The molecule has 0 bridgehead atoms. The Bertz CT molecular complexity index is 701.